The first-order valence-corrected chi connectivity index (χ1v) is 7.94. The summed E-state index contributed by atoms with van der Waals surface area (Å²) in [5, 5.41) is 3.08. The van der Waals surface area contributed by atoms with Gasteiger partial charge in [-0.15, -0.1) is 0 Å². The number of nitrogens with one attached hydrogen (secondary N) is 1. The second-order valence-corrected chi connectivity index (χ2v) is 6.02. The Morgan fingerprint density at radius 1 is 1.36 bits per heavy atom. The number of carbonyl (C=O) groups excluding carboxylic acids is 2. The van der Waals surface area contributed by atoms with Crippen LogP contribution in [0.2, 0.25) is 0 Å². The van der Waals surface area contributed by atoms with E-state index < -0.39 is 5.97 Å². The van der Waals surface area contributed by atoms with E-state index >= 15 is 0 Å². The Morgan fingerprint density at radius 2 is 2.14 bits per heavy atom. The van der Waals surface area contributed by atoms with Crippen molar-refractivity contribution in [1.82, 2.24) is 10.3 Å². The van der Waals surface area contributed by atoms with Crippen LogP contribution in [-0.2, 0) is 14.3 Å². The van der Waals surface area contributed by atoms with Gasteiger partial charge in [0.25, 0.3) is 11.1 Å². The van der Waals surface area contributed by atoms with Crippen molar-refractivity contribution in [2.24, 2.45) is 5.92 Å². The van der Waals surface area contributed by atoms with Crippen LogP contribution in [0.25, 0.3) is 11.1 Å². The van der Waals surface area contributed by atoms with Crippen molar-refractivity contribution in [2.75, 3.05) is 18.9 Å². The van der Waals surface area contributed by atoms with E-state index in [4.69, 9.17) is 9.15 Å². The number of fused-ring (bicyclic) bond motifs is 1. The average molecular weight is 322 g/mol. The first kappa shape index (κ1) is 16.4. The molecule has 1 heterocycles. The molecule has 0 aliphatic carbocycles. The minimum atomic E-state index is -0.480. The normalized spacial score (nSPS) is 10.9. The summed E-state index contributed by atoms with van der Waals surface area (Å²) in [6.07, 6.45) is 0. The van der Waals surface area contributed by atoms with Crippen molar-refractivity contribution in [1.29, 1.82) is 0 Å². The van der Waals surface area contributed by atoms with Gasteiger partial charge in [-0.05, 0) is 18.1 Å². The highest BCUT2D eigenvalue weighted by Crippen LogP contribution is 2.22. The maximum atomic E-state index is 11.6. The number of nitrogens with zero attached hydrogens (tertiary/aromatic N) is 1. The van der Waals surface area contributed by atoms with Crippen molar-refractivity contribution in [3.63, 3.8) is 0 Å². The molecule has 0 aliphatic rings. The summed E-state index contributed by atoms with van der Waals surface area (Å²) >= 11 is 1.14. The molecule has 22 heavy (non-hydrogen) atoms. The fourth-order valence-corrected chi connectivity index (χ4v) is 2.23. The third-order valence-corrected chi connectivity index (χ3v) is 3.46. The van der Waals surface area contributed by atoms with E-state index in [0.717, 1.165) is 17.3 Å². The van der Waals surface area contributed by atoms with Crippen molar-refractivity contribution >= 4 is 34.7 Å². The van der Waals surface area contributed by atoms with Crippen LogP contribution in [0, 0.1) is 5.92 Å². The molecule has 0 saturated heterocycles. The number of hydrogen-bond donors (Lipinski definition) is 1. The maximum Gasteiger partial charge on any atom is 0.316 e. The summed E-state index contributed by atoms with van der Waals surface area (Å²) < 4.78 is 10.4. The molecule has 1 N–H and O–H groups in total. The monoisotopic (exact) mass is 322 g/mol. The molecule has 0 bridgehead atoms. The molecule has 2 rings (SSSR count). The van der Waals surface area contributed by atoms with Gasteiger partial charge in [0.05, 0.1) is 0 Å². The van der Waals surface area contributed by atoms with E-state index in [1.807, 2.05) is 38.1 Å². The zero-order chi connectivity index (χ0) is 15.9. The van der Waals surface area contributed by atoms with Crippen molar-refractivity contribution < 1.29 is 18.7 Å². The Hall–Kier alpha value is -2.02. The highest BCUT2D eigenvalue weighted by Gasteiger charge is 2.11. The quantitative estimate of drug-likeness (QED) is 0.622. The number of oxazole rings is 1. The van der Waals surface area contributed by atoms with Gasteiger partial charge < -0.3 is 14.5 Å². The van der Waals surface area contributed by atoms with Gasteiger partial charge in [-0.3, -0.25) is 9.59 Å². The second kappa shape index (κ2) is 7.84. The van der Waals surface area contributed by atoms with E-state index in [1.54, 1.807) is 0 Å². The molecule has 0 radical (unpaired) electrons. The highest BCUT2D eigenvalue weighted by atomic mass is 32.2. The van der Waals surface area contributed by atoms with Crippen LogP contribution in [-0.4, -0.2) is 35.8 Å². The Balaban J connectivity index is 1.72. The maximum absolute atomic E-state index is 11.6. The van der Waals surface area contributed by atoms with Gasteiger partial charge in [0.2, 0.25) is 0 Å². The molecule has 0 unspecified atom stereocenters. The molecule has 0 fully saturated rings. The first-order chi connectivity index (χ1) is 10.5. The van der Waals surface area contributed by atoms with Crippen LogP contribution < -0.4 is 5.32 Å². The predicted molar refractivity (Wildman–Crippen MR) is 83.5 cm³/mol. The first-order valence-electron chi connectivity index (χ1n) is 6.95. The van der Waals surface area contributed by atoms with Gasteiger partial charge in [0, 0.05) is 6.54 Å². The van der Waals surface area contributed by atoms with Gasteiger partial charge in [-0.25, -0.2) is 4.98 Å². The third-order valence-electron chi connectivity index (χ3n) is 2.66. The molecule has 6 nitrogen and oxygen atoms in total. The Labute approximate surface area is 132 Å². The van der Waals surface area contributed by atoms with E-state index in [1.165, 1.54) is 0 Å². The molecule has 0 atom stereocenters. The molecule has 2 aromatic rings. The number of aromatic nitrogens is 1. The Morgan fingerprint density at radius 3 is 2.86 bits per heavy atom. The van der Waals surface area contributed by atoms with Gasteiger partial charge in [-0.1, -0.05) is 37.7 Å². The fourth-order valence-electron chi connectivity index (χ4n) is 1.59. The van der Waals surface area contributed by atoms with Crippen LogP contribution in [0.15, 0.2) is 33.9 Å². The second-order valence-electron chi connectivity index (χ2n) is 5.09. The van der Waals surface area contributed by atoms with E-state index in [-0.39, 0.29) is 18.3 Å². The van der Waals surface area contributed by atoms with Crippen molar-refractivity contribution in [2.45, 2.75) is 19.1 Å². The van der Waals surface area contributed by atoms with Crippen LogP contribution >= 0.6 is 11.8 Å². The molecule has 1 aromatic heterocycles. The zero-order valence-electron chi connectivity index (χ0n) is 12.5. The molecule has 0 spiro atoms. The lowest BCUT2D eigenvalue weighted by Gasteiger charge is -2.07. The summed E-state index contributed by atoms with van der Waals surface area (Å²) in [5.74, 6) is -0.375. The summed E-state index contributed by atoms with van der Waals surface area (Å²) in [6.45, 7) is 4.28. The van der Waals surface area contributed by atoms with Gasteiger partial charge in [0.1, 0.15) is 11.3 Å². The van der Waals surface area contributed by atoms with Crippen LogP contribution in [0.4, 0.5) is 0 Å². The SMILES string of the molecule is CC(C)CNC(=O)COC(=O)CSc1nc2ccccc2o1. The summed E-state index contributed by atoms with van der Waals surface area (Å²) in [6, 6.07) is 7.36. The fraction of sp³-hybridized carbons (Fsp3) is 0.400. The Kier molecular flexibility index (Phi) is 5.83. The number of benzene rings is 1. The molecule has 1 amide bonds. The topological polar surface area (TPSA) is 81.4 Å². The van der Waals surface area contributed by atoms with Gasteiger partial charge in [-0.2, -0.15) is 0 Å². The number of carbonyl (C=O) groups is 2. The average Bonchev–Trinajstić information content (AvgIpc) is 2.91. The van der Waals surface area contributed by atoms with Crippen LogP contribution in [0.3, 0.4) is 0 Å². The predicted octanol–water partition coefficient (Wildman–Crippen LogP) is 2.24. The minimum absolute atomic E-state index is 0.0459. The molecular formula is C15H18N2O4S. The number of hydrogen-bond acceptors (Lipinski definition) is 6. The lowest BCUT2D eigenvalue weighted by molar-refractivity contribution is -0.145. The molecule has 0 saturated carbocycles. The molecule has 118 valence electrons. The number of para-hydroxylation sites is 2. The van der Waals surface area contributed by atoms with Gasteiger partial charge >= 0.3 is 5.97 Å². The summed E-state index contributed by atoms with van der Waals surface area (Å²) in [4.78, 5) is 27.2. The lowest BCUT2D eigenvalue weighted by Crippen LogP contribution is -2.31. The number of amides is 1. The minimum Gasteiger partial charge on any atom is -0.455 e. The number of ether oxygens (including phenoxy) is 1. The molecular weight excluding hydrogens is 304 g/mol. The van der Waals surface area contributed by atoms with Crippen LogP contribution in [0.5, 0.6) is 0 Å². The molecule has 1 aromatic carbocycles. The zero-order valence-corrected chi connectivity index (χ0v) is 13.3. The third kappa shape index (κ3) is 5.07. The van der Waals surface area contributed by atoms with Gasteiger partial charge in [0.15, 0.2) is 12.2 Å². The van der Waals surface area contributed by atoms with Crippen molar-refractivity contribution in [3.8, 4) is 0 Å². The van der Waals surface area contributed by atoms with Crippen molar-refractivity contribution in [3.05, 3.63) is 24.3 Å². The van der Waals surface area contributed by atoms with E-state index in [9.17, 15) is 9.59 Å². The number of esters is 1. The van der Waals surface area contributed by atoms with E-state index in [2.05, 4.69) is 10.3 Å². The Bertz CT molecular complexity index is 621. The summed E-state index contributed by atoms with van der Waals surface area (Å²) in [7, 11) is 0. The molecule has 7 heteroatoms. The van der Waals surface area contributed by atoms with E-state index in [0.29, 0.717) is 23.3 Å². The lowest BCUT2D eigenvalue weighted by atomic mass is 10.2. The largest absolute Gasteiger partial charge is 0.455 e. The van der Waals surface area contributed by atoms with Crippen LogP contribution in [0.1, 0.15) is 13.8 Å². The standard InChI is InChI=1S/C15H18N2O4S/c1-10(2)7-16-13(18)8-20-14(19)9-22-15-17-11-5-3-4-6-12(11)21-15/h3-6,10H,7-9H2,1-2H3,(H,16,18). The number of thioether (sulfide) groups is 1. The molecule has 0 aliphatic heterocycles. The number of rotatable bonds is 7. The smallest absolute Gasteiger partial charge is 0.316 e. The highest BCUT2D eigenvalue weighted by molar-refractivity contribution is 7.99. The summed E-state index contributed by atoms with van der Waals surface area (Å²) in [5.41, 5.74) is 1.41.